The fourth-order valence-corrected chi connectivity index (χ4v) is 9.55. The highest BCUT2D eigenvalue weighted by Gasteiger charge is 2.51. The topological polar surface area (TPSA) is 268 Å². The summed E-state index contributed by atoms with van der Waals surface area (Å²) in [5.74, 6) is -0.773. The highest BCUT2D eigenvalue weighted by Crippen LogP contribution is 2.30. The lowest BCUT2D eigenvalue weighted by Crippen LogP contribution is -2.65. The number of amides is 1. The zero-order chi connectivity index (χ0) is 50.7. The largest absolute Gasteiger partial charge is 0.394 e. The maximum atomic E-state index is 13.4. The molecule has 0 aromatic carbocycles. The van der Waals surface area contributed by atoms with Crippen molar-refractivity contribution >= 4 is 5.91 Å². The van der Waals surface area contributed by atoms with Crippen molar-refractivity contribution in [2.45, 2.75) is 312 Å². The van der Waals surface area contributed by atoms with Crippen molar-refractivity contribution in [2.24, 2.45) is 0 Å². The minimum absolute atomic E-state index is 0.193. The number of aliphatic hydroxyl groups is 10. The predicted molar refractivity (Wildman–Crippen MR) is 266 cm³/mol. The lowest BCUT2D eigenvalue weighted by atomic mass is 9.97. The van der Waals surface area contributed by atoms with Gasteiger partial charge in [-0.3, -0.25) is 4.79 Å². The van der Waals surface area contributed by atoms with Crippen molar-refractivity contribution in [3.8, 4) is 0 Å². The number of hydrogen-bond donors (Lipinski definition) is 11. The molecular formula is C53H103NO15. The maximum Gasteiger partial charge on any atom is 0.249 e. The number of carbonyl (C=O) groups is 1. The van der Waals surface area contributed by atoms with E-state index in [1.165, 1.54) is 135 Å². The first kappa shape index (κ1) is 64.0. The van der Waals surface area contributed by atoms with Gasteiger partial charge in [-0.05, 0) is 12.8 Å². The number of nitrogens with one attached hydrogen (secondary N) is 1. The summed E-state index contributed by atoms with van der Waals surface area (Å²) in [5, 5.41) is 109. The van der Waals surface area contributed by atoms with Crippen LogP contribution in [0.3, 0.4) is 0 Å². The van der Waals surface area contributed by atoms with Gasteiger partial charge in [-0.1, -0.05) is 213 Å². The van der Waals surface area contributed by atoms with Crippen LogP contribution in [0.4, 0.5) is 0 Å². The Balaban J connectivity index is 1.92. The number of aliphatic hydroxyl groups excluding tert-OH is 10. The first-order chi connectivity index (χ1) is 33.4. The molecule has 0 radical (unpaired) electrons. The van der Waals surface area contributed by atoms with Crippen LogP contribution in [0.25, 0.3) is 0 Å². The van der Waals surface area contributed by atoms with Gasteiger partial charge in [0.25, 0.3) is 0 Å². The molecular weight excluding hydrogens is 891 g/mol. The second kappa shape index (κ2) is 40.3. The predicted octanol–water partition coefficient (Wildman–Crippen LogP) is 6.11. The van der Waals surface area contributed by atoms with Gasteiger partial charge < -0.3 is 75.3 Å². The molecule has 2 fully saturated rings. The van der Waals surface area contributed by atoms with Crippen LogP contribution < -0.4 is 5.32 Å². The van der Waals surface area contributed by atoms with E-state index in [4.69, 9.17) is 18.9 Å². The third-order valence-electron chi connectivity index (χ3n) is 14.3. The van der Waals surface area contributed by atoms with Crippen molar-refractivity contribution in [3.63, 3.8) is 0 Å². The molecule has 0 aromatic heterocycles. The molecule has 2 aliphatic heterocycles. The molecule has 1 amide bonds. The van der Waals surface area contributed by atoms with Gasteiger partial charge in [0.15, 0.2) is 12.6 Å². The Hall–Kier alpha value is -1.09. The number of unbranched alkanes of at least 4 members (excludes halogenated alkanes) is 29. The Morgan fingerprint density at radius 2 is 0.841 bits per heavy atom. The van der Waals surface area contributed by atoms with E-state index in [1.807, 2.05) is 0 Å². The molecule has 2 rings (SSSR count). The molecule has 0 aliphatic carbocycles. The Bertz CT molecular complexity index is 1210. The van der Waals surface area contributed by atoms with E-state index in [2.05, 4.69) is 19.2 Å². The summed E-state index contributed by atoms with van der Waals surface area (Å²) in [4.78, 5) is 13.4. The SMILES string of the molecule is CCCCCCCCCCCCCCCCCCCC[C@@H](O)C(=O)N[C@@H](CO[C@H]1O[C@H](CO)[C@H](O)[C@H](O)[C@H]1O[C@H]1O[C@H](CO)[C@@H](O)[C@H](O)[C@H]1O)[C@H](O)[C@H](O)CCCCCCCCCCCCCCC. The van der Waals surface area contributed by atoms with E-state index in [9.17, 15) is 55.9 Å². The molecule has 69 heavy (non-hydrogen) atoms. The number of hydrogen-bond acceptors (Lipinski definition) is 15. The Morgan fingerprint density at radius 3 is 1.25 bits per heavy atom. The number of rotatable bonds is 44. The molecule has 0 saturated carbocycles. The molecule has 0 bridgehead atoms. The van der Waals surface area contributed by atoms with E-state index >= 15 is 0 Å². The number of carbonyl (C=O) groups excluding carboxylic acids is 1. The third-order valence-corrected chi connectivity index (χ3v) is 14.3. The van der Waals surface area contributed by atoms with Gasteiger partial charge in [0, 0.05) is 0 Å². The van der Waals surface area contributed by atoms with Crippen LogP contribution in [-0.4, -0.2) is 163 Å². The fraction of sp³-hybridized carbons (Fsp3) is 0.981. The second-order valence-electron chi connectivity index (χ2n) is 20.4. The smallest absolute Gasteiger partial charge is 0.249 e. The molecule has 0 spiro atoms. The second-order valence-corrected chi connectivity index (χ2v) is 20.4. The minimum atomic E-state index is -1.87. The summed E-state index contributed by atoms with van der Waals surface area (Å²) in [6, 6.07) is -1.31. The Kier molecular flexibility index (Phi) is 37.4. The maximum absolute atomic E-state index is 13.4. The zero-order valence-electron chi connectivity index (χ0n) is 43.1. The standard InChI is InChI=1S/C53H103NO15/c1-3-5-7-9-11-13-15-17-18-19-20-21-23-25-27-29-31-33-35-41(58)51(65)54-39(44(59)40(57)34-32-30-28-26-24-22-16-14-12-10-8-6-4-2)38-66-53-50(48(63)46(61)43(37-56)68-53)69-52-49(64)47(62)45(60)42(36-55)67-52/h39-50,52-53,55-64H,3-38H2,1-2H3,(H,54,65)/t39-,40+,41+,42+,43+,44-,45+,46-,47-,48-,49+,50+,52+,53-/m0/s1. The van der Waals surface area contributed by atoms with E-state index in [-0.39, 0.29) is 12.8 Å². The fourth-order valence-electron chi connectivity index (χ4n) is 9.55. The van der Waals surface area contributed by atoms with Crippen molar-refractivity contribution in [2.75, 3.05) is 19.8 Å². The molecule has 2 heterocycles. The average Bonchev–Trinajstić information content (AvgIpc) is 3.35. The van der Waals surface area contributed by atoms with Crippen LogP contribution >= 0.6 is 0 Å². The summed E-state index contributed by atoms with van der Waals surface area (Å²) < 4.78 is 22.9. The average molecular weight is 994 g/mol. The van der Waals surface area contributed by atoms with Crippen molar-refractivity contribution < 1.29 is 74.8 Å². The van der Waals surface area contributed by atoms with E-state index < -0.39 is 111 Å². The van der Waals surface area contributed by atoms with Crippen LogP contribution in [0.15, 0.2) is 0 Å². The van der Waals surface area contributed by atoms with Gasteiger partial charge in [0.1, 0.15) is 61.0 Å². The van der Waals surface area contributed by atoms with Crippen molar-refractivity contribution in [3.05, 3.63) is 0 Å². The molecule has 16 nitrogen and oxygen atoms in total. The van der Waals surface area contributed by atoms with Crippen LogP contribution in [0.2, 0.25) is 0 Å². The zero-order valence-corrected chi connectivity index (χ0v) is 43.1. The molecule has 14 atom stereocenters. The molecule has 16 heteroatoms. The van der Waals surface area contributed by atoms with Crippen LogP contribution in [0.5, 0.6) is 0 Å². The van der Waals surface area contributed by atoms with E-state index in [0.717, 1.165) is 51.4 Å². The summed E-state index contributed by atoms with van der Waals surface area (Å²) >= 11 is 0. The molecule has 2 aliphatic rings. The molecule has 11 N–H and O–H groups in total. The van der Waals surface area contributed by atoms with Crippen molar-refractivity contribution in [1.29, 1.82) is 0 Å². The summed E-state index contributed by atoms with van der Waals surface area (Å²) in [7, 11) is 0. The van der Waals surface area contributed by atoms with Gasteiger partial charge in [-0.2, -0.15) is 0 Å². The summed E-state index contributed by atoms with van der Waals surface area (Å²) in [5.41, 5.74) is 0. The highest BCUT2D eigenvalue weighted by atomic mass is 16.8. The third kappa shape index (κ3) is 26.6. The Morgan fingerprint density at radius 1 is 0.478 bits per heavy atom. The quantitative estimate of drug-likeness (QED) is 0.0308. The van der Waals surface area contributed by atoms with Gasteiger partial charge in [0.05, 0.1) is 32.0 Å². The van der Waals surface area contributed by atoms with E-state index in [0.29, 0.717) is 12.8 Å². The van der Waals surface area contributed by atoms with Gasteiger partial charge in [-0.25, -0.2) is 0 Å². The van der Waals surface area contributed by atoms with Crippen molar-refractivity contribution in [1.82, 2.24) is 5.32 Å². The normalized spacial score (nSPS) is 27.0. The Labute approximate surface area is 416 Å². The molecule has 410 valence electrons. The lowest BCUT2D eigenvalue weighted by molar-refractivity contribution is -0.368. The molecule has 0 unspecified atom stereocenters. The van der Waals surface area contributed by atoms with Crippen LogP contribution in [-0.2, 0) is 23.7 Å². The highest BCUT2D eigenvalue weighted by molar-refractivity contribution is 5.80. The molecule has 0 aromatic rings. The van der Waals surface area contributed by atoms with E-state index in [1.54, 1.807) is 0 Å². The summed E-state index contributed by atoms with van der Waals surface area (Å²) in [6.07, 6.45) is 16.3. The number of ether oxygens (including phenoxy) is 4. The van der Waals surface area contributed by atoms with Gasteiger partial charge in [0.2, 0.25) is 5.91 Å². The van der Waals surface area contributed by atoms with Crippen LogP contribution in [0.1, 0.15) is 226 Å². The first-order valence-corrected chi connectivity index (χ1v) is 28.0. The monoisotopic (exact) mass is 994 g/mol. The minimum Gasteiger partial charge on any atom is -0.394 e. The van der Waals surface area contributed by atoms with Crippen LogP contribution in [0, 0.1) is 0 Å². The van der Waals surface area contributed by atoms with Gasteiger partial charge >= 0.3 is 0 Å². The summed E-state index contributed by atoms with van der Waals surface area (Å²) in [6.45, 7) is 2.41. The lowest BCUT2D eigenvalue weighted by Gasteiger charge is -2.46. The molecule has 2 saturated heterocycles. The van der Waals surface area contributed by atoms with Gasteiger partial charge in [-0.15, -0.1) is 0 Å². The first-order valence-electron chi connectivity index (χ1n) is 28.0.